The zero-order chi connectivity index (χ0) is 26.5. The van der Waals surface area contributed by atoms with Gasteiger partial charge in [0.05, 0.1) is 30.9 Å². The lowest BCUT2D eigenvalue weighted by Gasteiger charge is -2.26. The third-order valence-electron chi connectivity index (χ3n) is 6.46. The number of rotatable bonds is 8. The zero-order valence-corrected chi connectivity index (χ0v) is 21.1. The van der Waals surface area contributed by atoms with Gasteiger partial charge in [0.15, 0.2) is 11.9 Å². The van der Waals surface area contributed by atoms with E-state index >= 15 is 0 Å². The number of carbonyl (C=O) groups is 1. The molecule has 1 aliphatic rings. The summed E-state index contributed by atoms with van der Waals surface area (Å²) in [6.07, 6.45) is 3.20. The molecule has 7 nitrogen and oxygen atoms in total. The number of ketones is 1. The topological polar surface area (TPSA) is 90.7 Å². The first kappa shape index (κ1) is 24.8. The normalized spacial score (nSPS) is 13.0. The minimum atomic E-state index is -0.576. The molecule has 0 aliphatic carbocycles. The van der Waals surface area contributed by atoms with Crippen LogP contribution in [0, 0.1) is 18.3 Å². The standard InChI is InChI=1S/C31H26N2O5/c1-20-28(10-9-25-27(34)13-16-36-30(20)25)38-31(23-11-14-33-15-12-23)26-8-5-22(18-32)17-29(26)37-19-21-3-6-24(35-2)7-4-21/h3-12,14-15,17,31H,13,16,19H2,1-2H3. The Morgan fingerprint density at radius 2 is 1.82 bits per heavy atom. The van der Waals surface area contributed by atoms with Crippen molar-refractivity contribution in [2.75, 3.05) is 13.7 Å². The summed E-state index contributed by atoms with van der Waals surface area (Å²) < 4.78 is 24.0. The molecule has 0 bridgehead atoms. The lowest BCUT2D eigenvalue weighted by atomic mass is 9.98. The first-order valence-electron chi connectivity index (χ1n) is 12.2. The van der Waals surface area contributed by atoms with Gasteiger partial charge in [0.25, 0.3) is 0 Å². The van der Waals surface area contributed by atoms with Crippen LogP contribution in [0.1, 0.15) is 50.7 Å². The molecule has 0 amide bonds. The van der Waals surface area contributed by atoms with Gasteiger partial charge < -0.3 is 18.9 Å². The van der Waals surface area contributed by atoms with E-state index in [4.69, 9.17) is 18.9 Å². The molecule has 0 spiro atoms. The van der Waals surface area contributed by atoms with Crippen molar-refractivity contribution >= 4 is 5.78 Å². The fraction of sp³-hybridized carbons (Fsp3) is 0.194. The van der Waals surface area contributed by atoms with Gasteiger partial charge in [0.2, 0.25) is 0 Å². The predicted molar refractivity (Wildman–Crippen MR) is 141 cm³/mol. The van der Waals surface area contributed by atoms with Crippen LogP contribution >= 0.6 is 0 Å². The van der Waals surface area contributed by atoms with Crippen molar-refractivity contribution in [3.8, 4) is 29.1 Å². The highest BCUT2D eigenvalue weighted by atomic mass is 16.5. The van der Waals surface area contributed by atoms with Gasteiger partial charge in [0, 0.05) is 35.5 Å². The molecule has 1 aliphatic heterocycles. The summed E-state index contributed by atoms with van der Waals surface area (Å²) in [4.78, 5) is 16.5. The van der Waals surface area contributed by atoms with Crippen molar-refractivity contribution in [1.29, 1.82) is 5.26 Å². The quantitative estimate of drug-likeness (QED) is 0.290. The van der Waals surface area contributed by atoms with Gasteiger partial charge in [0.1, 0.15) is 29.6 Å². The van der Waals surface area contributed by atoms with Crippen molar-refractivity contribution in [2.24, 2.45) is 0 Å². The number of pyridine rings is 1. The molecule has 0 N–H and O–H groups in total. The van der Waals surface area contributed by atoms with Crippen LogP contribution in [0.2, 0.25) is 0 Å². The van der Waals surface area contributed by atoms with Crippen molar-refractivity contribution in [2.45, 2.75) is 26.1 Å². The van der Waals surface area contributed by atoms with Crippen molar-refractivity contribution in [3.63, 3.8) is 0 Å². The van der Waals surface area contributed by atoms with E-state index in [0.717, 1.165) is 28.0 Å². The highest BCUT2D eigenvalue weighted by Crippen LogP contribution is 2.40. The second-order valence-corrected chi connectivity index (χ2v) is 8.87. The lowest BCUT2D eigenvalue weighted by molar-refractivity contribution is 0.0932. The molecule has 0 fully saturated rings. The summed E-state index contributed by atoms with van der Waals surface area (Å²) in [7, 11) is 1.62. The fourth-order valence-corrected chi connectivity index (χ4v) is 4.39. The van der Waals surface area contributed by atoms with Crippen LogP contribution in [0.5, 0.6) is 23.0 Å². The van der Waals surface area contributed by atoms with Gasteiger partial charge in [-0.15, -0.1) is 0 Å². The summed E-state index contributed by atoms with van der Waals surface area (Å²) in [5.74, 6) is 2.50. The van der Waals surface area contributed by atoms with E-state index in [1.54, 1.807) is 43.8 Å². The lowest BCUT2D eigenvalue weighted by Crippen LogP contribution is -2.17. The molecule has 4 aromatic rings. The number of hydrogen-bond donors (Lipinski definition) is 0. The SMILES string of the molecule is COc1ccc(COc2cc(C#N)ccc2C(Oc2ccc3c(c2C)OCCC3=O)c2ccncc2)cc1. The van der Waals surface area contributed by atoms with E-state index < -0.39 is 6.10 Å². The number of nitrogens with zero attached hydrogens (tertiary/aromatic N) is 2. The summed E-state index contributed by atoms with van der Waals surface area (Å²) in [5.41, 5.74) is 4.36. The Labute approximate surface area is 221 Å². The second-order valence-electron chi connectivity index (χ2n) is 8.87. The van der Waals surface area contributed by atoms with Gasteiger partial charge in [-0.2, -0.15) is 5.26 Å². The molecular weight excluding hydrogens is 480 g/mol. The summed E-state index contributed by atoms with van der Waals surface area (Å²) in [6.45, 7) is 2.53. The summed E-state index contributed by atoms with van der Waals surface area (Å²) in [6, 6.07) is 22.4. The number of benzene rings is 3. The Morgan fingerprint density at radius 1 is 1.03 bits per heavy atom. The van der Waals surface area contributed by atoms with Gasteiger partial charge >= 0.3 is 0 Å². The summed E-state index contributed by atoms with van der Waals surface area (Å²) >= 11 is 0. The first-order valence-corrected chi connectivity index (χ1v) is 12.2. The maximum Gasteiger partial charge on any atom is 0.170 e. The van der Waals surface area contributed by atoms with E-state index in [1.807, 2.05) is 49.4 Å². The molecular formula is C31H26N2O5. The van der Waals surface area contributed by atoms with E-state index in [0.29, 0.717) is 48.0 Å². The zero-order valence-electron chi connectivity index (χ0n) is 21.1. The number of carbonyl (C=O) groups excluding carboxylic acids is 1. The third-order valence-corrected chi connectivity index (χ3v) is 6.46. The number of ether oxygens (including phenoxy) is 4. The Hall–Kier alpha value is -4.83. The van der Waals surface area contributed by atoms with Gasteiger partial charge in [-0.3, -0.25) is 9.78 Å². The van der Waals surface area contributed by atoms with E-state index in [-0.39, 0.29) is 5.78 Å². The van der Waals surface area contributed by atoms with Crippen LogP contribution < -0.4 is 18.9 Å². The van der Waals surface area contributed by atoms with Crippen LogP contribution in [0.15, 0.2) is 79.1 Å². The molecule has 1 aromatic heterocycles. The van der Waals surface area contributed by atoms with Crippen LogP contribution in [0.3, 0.4) is 0 Å². The largest absolute Gasteiger partial charge is 0.497 e. The Balaban J connectivity index is 1.53. The Morgan fingerprint density at radius 3 is 2.55 bits per heavy atom. The van der Waals surface area contributed by atoms with Crippen LogP contribution in [-0.4, -0.2) is 24.5 Å². The van der Waals surface area contributed by atoms with Gasteiger partial charge in [-0.1, -0.05) is 12.1 Å². The molecule has 1 unspecified atom stereocenters. The molecule has 0 saturated heterocycles. The van der Waals surface area contributed by atoms with Crippen LogP contribution in [0.4, 0.5) is 0 Å². The predicted octanol–water partition coefficient (Wildman–Crippen LogP) is 5.98. The maximum absolute atomic E-state index is 12.4. The number of aromatic nitrogens is 1. The summed E-state index contributed by atoms with van der Waals surface area (Å²) in [5, 5.41) is 9.56. The molecule has 0 saturated carbocycles. The number of Topliss-reactive ketones (excluding diaryl/α,β-unsaturated/α-hetero) is 1. The van der Waals surface area contributed by atoms with Crippen LogP contribution in [-0.2, 0) is 6.61 Å². The Kier molecular flexibility index (Phi) is 7.23. The second kappa shape index (κ2) is 11.1. The van der Waals surface area contributed by atoms with Crippen molar-refractivity contribution in [3.05, 3.63) is 113 Å². The number of methoxy groups -OCH3 is 1. The first-order chi connectivity index (χ1) is 18.6. The van der Waals surface area contributed by atoms with Gasteiger partial charge in [-0.05, 0) is 67.1 Å². The molecule has 190 valence electrons. The number of nitriles is 1. The van der Waals surface area contributed by atoms with E-state index in [1.165, 1.54) is 0 Å². The molecule has 2 heterocycles. The molecule has 0 radical (unpaired) electrons. The minimum absolute atomic E-state index is 0.0629. The third kappa shape index (κ3) is 5.16. The molecule has 1 atom stereocenters. The minimum Gasteiger partial charge on any atom is -0.497 e. The average molecular weight is 507 g/mol. The number of hydrogen-bond acceptors (Lipinski definition) is 7. The molecule has 3 aromatic carbocycles. The molecule has 38 heavy (non-hydrogen) atoms. The highest BCUT2D eigenvalue weighted by Gasteiger charge is 2.26. The van der Waals surface area contributed by atoms with Crippen molar-refractivity contribution in [1.82, 2.24) is 4.98 Å². The molecule has 5 rings (SSSR count). The number of fused-ring (bicyclic) bond motifs is 1. The smallest absolute Gasteiger partial charge is 0.170 e. The van der Waals surface area contributed by atoms with Crippen LogP contribution in [0.25, 0.3) is 0 Å². The average Bonchev–Trinajstić information content (AvgIpc) is 2.97. The van der Waals surface area contributed by atoms with E-state index in [2.05, 4.69) is 11.1 Å². The highest BCUT2D eigenvalue weighted by molar-refractivity contribution is 6.00. The Bertz CT molecular complexity index is 1490. The fourth-order valence-electron chi connectivity index (χ4n) is 4.39. The molecule has 7 heteroatoms. The monoisotopic (exact) mass is 506 g/mol. The van der Waals surface area contributed by atoms with Crippen molar-refractivity contribution < 1.29 is 23.7 Å². The van der Waals surface area contributed by atoms with Gasteiger partial charge in [-0.25, -0.2) is 0 Å². The maximum atomic E-state index is 12.4. The van der Waals surface area contributed by atoms with E-state index in [9.17, 15) is 10.1 Å².